The topological polar surface area (TPSA) is 68.5 Å². The van der Waals surface area contributed by atoms with Gasteiger partial charge in [0.2, 0.25) is 0 Å². The SMILES string of the molecule is C=CCO/N=C1/c2c(OC)cc(OC)cc2-c2c1c1cc(O)ccc1n2CCN(C)C. The first-order valence-electron chi connectivity index (χ1n) is 10.1. The smallest absolute Gasteiger partial charge is 0.135 e. The summed E-state index contributed by atoms with van der Waals surface area (Å²) in [7, 11) is 7.37. The quantitative estimate of drug-likeness (QED) is 0.266. The van der Waals surface area contributed by atoms with Crippen molar-refractivity contribution in [1.29, 1.82) is 0 Å². The standard InChI is InChI=1S/C24H27N3O4/c1-6-11-31-25-23-21-18(13-16(29-4)14-20(21)30-5)24-22(23)17-12-15(28)7-8-19(17)27(24)10-9-26(2)3/h6-8,12-14,28H,1,9-11H2,2-5H3/b25-23-. The van der Waals surface area contributed by atoms with Crippen LogP contribution in [-0.4, -0.2) is 61.8 Å². The monoisotopic (exact) mass is 421 g/mol. The van der Waals surface area contributed by atoms with Gasteiger partial charge in [0.25, 0.3) is 0 Å². The average molecular weight is 421 g/mol. The Morgan fingerprint density at radius 2 is 1.94 bits per heavy atom. The van der Waals surface area contributed by atoms with Gasteiger partial charge in [-0.3, -0.25) is 0 Å². The fourth-order valence-electron chi connectivity index (χ4n) is 4.07. The molecule has 0 atom stereocenters. The third-order valence-electron chi connectivity index (χ3n) is 5.43. The van der Waals surface area contributed by atoms with E-state index in [0.717, 1.165) is 46.4 Å². The summed E-state index contributed by atoms with van der Waals surface area (Å²) in [4.78, 5) is 7.67. The van der Waals surface area contributed by atoms with Gasteiger partial charge >= 0.3 is 0 Å². The Kier molecular flexibility index (Phi) is 5.61. The highest BCUT2D eigenvalue weighted by Crippen LogP contribution is 2.48. The van der Waals surface area contributed by atoms with E-state index in [2.05, 4.69) is 21.2 Å². The van der Waals surface area contributed by atoms with Crippen molar-refractivity contribution in [2.24, 2.45) is 5.16 Å². The third kappa shape index (κ3) is 3.51. The highest BCUT2D eigenvalue weighted by atomic mass is 16.6. The highest BCUT2D eigenvalue weighted by molar-refractivity contribution is 6.31. The molecule has 1 aromatic heterocycles. The second kappa shape index (κ2) is 8.35. The van der Waals surface area contributed by atoms with Crippen molar-refractivity contribution in [2.75, 3.05) is 41.5 Å². The molecule has 0 spiro atoms. The number of likely N-dealkylation sites (N-methyl/N-ethyl adjacent to an activating group) is 1. The summed E-state index contributed by atoms with van der Waals surface area (Å²) < 4.78 is 13.5. The molecule has 0 bridgehead atoms. The normalized spacial score (nSPS) is 13.5. The Bertz CT molecular complexity index is 1180. The van der Waals surface area contributed by atoms with Gasteiger partial charge in [0.1, 0.15) is 29.6 Å². The predicted molar refractivity (Wildman–Crippen MR) is 122 cm³/mol. The van der Waals surface area contributed by atoms with Gasteiger partial charge in [-0.05, 0) is 38.4 Å². The van der Waals surface area contributed by atoms with Crippen LogP contribution in [-0.2, 0) is 11.4 Å². The first-order valence-corrected chi connectivity index (χ1v) is 10.1. The number of rotatable bonds is 8. The lowest BCUT2D eigenvalue weighted by Crippen LogP contribution is -2.18. The molecule has 0 saturated carbocycles. The molecule has 1 aliphatic rings. The molecule has 1 aliphatic carbocycles. The molecule has 31 heavy (non-hydrogen) atoms. The number of oxime groups is 1. The van der Waals surface area contributed by atoms with E-state index in [1.165, 1.54) is 0 Å². The zero-order valence-corrected chi connectivity index (χ0v) is 18.3. The minimum absolute atomic E-state index is 0.201. The summed E-state index contributed by atoms with van der Waals surface area (Å²) in [6, 6.07) is 9.27. The summed E-state index contributed by atoms with van der Waals surface area (Å²) in [5.74, 6) is 1.55. The molecule has 0 amide bonds. The van der Waals surface area contributed by atoms with Crippen LogP contribution in [0.15, 0.2) is 48.1 Å². The molecule has 0 radical (unpaired) electrons. The van der Waals surface area contributed by atoms with Crippen LogP contribution in [0.5, 0.6) is 17.2 Å². The van der Waals surface area contributed by atoms with Crippen LogP contribution in [0.1, 0.15) is 11.1 Å². The van der Waals surface area contributed by atoms with E-state index in [1.54, 1.807) is 32.4 Å². The Balaban J connectivity index is 2.07. The second-order valence-corrected chi connectivity index (χ2v) is 7.66. The first kappa shape index (κ1) is 20.8. The molecular weight excluding hydrogens is 394 g/mol. The maximum Gasteiger partial charge on any atom is 0.135 e. The molecular formula is C24H27N3O4. The van der Waals surface area contributed by atoms with Crippen LogP contribution < -0.4 is 9.47 Å². The van der Waals surface area contributed by atoms with Crippen LogP contribution in [0.3, 0.4) is 0 Å². The predicted octanol–water partition coefficient (Wildman–Crippen LogP) is 3.86. The maximum atomic E-state index is 10.2. The zero-order chi connectivity index (χ0) is 22.1. The van der Waals surface area contributed by atoms with E-state index in [1.807, 2.05) is 32.3 Å². The van der Waals surface area contributed by atoms with E-state index >= 15 is 0 Å². The molecule has 0 fully saturated rings. The van der Waals surface area contributed by atoms with Gasteiger partial charge in [-0.15, -0.1) is 0 Å². The Hall–Kier alpha value is -3.45. The Morgan fingerprint density at radius 1 is 1.13 bits per heavy atom. The van der Waals surface area contributed by atoms with Gasteiger partial charge in [-0.1, -0.05) is 17.8 Å². The van der Waals surface area contributed by atoms with Crippen molar-refractivity contribution in [1.82, 2.24) is 9.47 Å². The number of aromatic nitrogens is 1. The Morgan fingerprint density at radius 3 is 2.61 bits per heavy atom. The summed E-state index contributed by atoms with van der Waals surface area (Å²) in [6.07, 6.45) is 1.65. The van der Waals surface area contributed by atoms with Crippen molar-refractivity contribution in [3.05, 3.63) is 54.1 Å². The average Bonchev–Trinajstić information content (AvgIpc) is 3.24. The Labute approximate surface area is 181 Å². The van der Waals surface area contributed by atoms with Crippen LogP contribution in [0.4, 0.5) is 0 Å². The molecule has 1 N–H and O–H groups in total. The number of ether oxygens (including phenoxy) is 2. The van der Waals surface area contributed by atoms with Gasteiger partial charge in [-0.25, -0.2) is 0 Å². The number of hydrogen-bond donors (Lipinski definition) is 1. The van der Waals surface area contributed by atoms with E-state index in [9.17, 15) is 5.11 Å². The van der Waals surface area contributed by atoms with Crippen LogP contribution in [0.25, 0.3) is 22.2 Å². The van der Waals surface area contributed by atoms with Crippen LogP contribution in [0, 0.1) is 0 Å². The van der Waals surface area contributed by atoms with Gasteiger partial charge in [0.15, 0.2) is 0 Å². The zero-order valence-electron chi connectivity index (χ0n) is 18.3. The van der Waals surface area contributed by atoms with Crippen molar-refractivity contribution in [3.8, 4) is 28.5 Å². The minimum Gasteiger partial charge on any atom is -0.508 e. The number of phenolic OH excluding ortho intramolecular Hbond substituents is 1. The number of hydrogen-bond acceptors (Lipinski definition) is 6. The van der Waals surface area contributed by atoms with Gasteiger partial charge in [-0.2, -0.15) is 0 Å². The minimum atomic E-state index is 0.201. The first-order chi connectivity index (χ1) is 15.0. The lowest BCUT2D eigenvalue weighted by Gasteiger charge is -2.16. The molecule has 4 rings (SSSR count). The number of phenols is 1. The van der Waals surface area contributed by atoms with Gasteiger partial charge < -0.3 is 28.9 Å². The molecule has 1 heterocycles. The lowest BCUT2D eigenvalue weighted by atomic mass is 10.0. The molecule has 7 heteroatoms. The van der Waals surface area contributed by atoms with E-state index in [4.69, 9.17) is 14.3 Å². The fraction of sp³-hybridized carbons (Fsp3) is 0.292. The van der Waals surface area contributed by atoms with Gasteiger partial charge in [0, 0.05) is 41.2 Å². The number of fused-ring (bicyclic) bond motifs is 5. The molecule has 0 unspecified atom stereocenters. The molecule has 7 nitrogen and oxygen atoms in total. The maximum absolute atomic E-state index is 10.2. The number of nitrogens with zero attached hydrogens (tertiary/aromatic N) is 3. The highest BCUT2D eigenvalue weighted by Gasteiger charge is 2.36. The summed E-state index contributed by atoms with van der Waals surface area (Å²) in [5, 5.41) is 15.6. The van der Waals surface area contributed by atoms with Crippen molar-refractivity contribution >= 4 is 16.6 Å². The number of aromatic hydroxyl groups is 1. The molecule has 162 valence electrons. The van der Waals surface area contributed by atoms with Crippen molar-refractivity contribution in [2.45, 2.75) is 6.54 Å². The summed E-state index contributed by atoms with van der Waals surface area (Å²) in [5.41, 5.74) is 5.42. The number of benzene rings is 2. The number of methoxy groups -OCH3 is 2. The van der Waals surface area contributed by atoms with E-state index in [0.29, 0.717) is 17.2 Å². The lowest BCUT2D eigenvalue weighted by molar-refractivity contribution is 0.175. The van der Waals surface area contributed by atoms with E-state index in [-0.39, 0.29) is 12.4 Å². The fourth-order valence-corrected chi connectivity index (χ4v) is 4.07. The third-order valence-corrected chi connectivity index (χ3v) is 5.43. The molecule has 2 aromatic carbocycles. The molecule has 3 aromatic rings. The summed E-state index contributed by atoms with van der Waals surface area (Å²) >= 11 is 0. The largest absolute Gasteiger partial charge is 0.508 e. The molecule has 0 saturated heterocycles. The summed E-state index contributed by atoms with van der Waals surface area (Å²) in [6.45, 7) is 5.61. The van der Waals surface area contributed by atoms with Gasteiger partial charge in [0.05, 0.1) is 25.5 Å². The van der Waals surface area contributed by atoms with Crippen molar-refractivity contribution in [3.63, 3.8) is 0 Å². The second-order valence-electron chi connectivity index (χ2n) is 7.66. The van der Waals surface area contributed by atoms with Crippen LogP contribution in [0.2, 0.25) is 0 Å². The van der Waals surface area contributed by atoms with Crippen LogP contribution >= 0.6 is 0 Å². The van der Waals surface area contributed by atoms with E-state index < -0.39 is 0 Å². The molecule has 0 aliphatic heterocycles. The van der Waals surface area contributed by atoms with Crippen molar-refractivity contribution < 1.29 is 19.4 Å².